The van der Waals surface area contributed by atoms with Crippen LogP contribution in [0.5, 0.6) is 0 Å². The highest BCUT2D eigenvalue weighted by molar-refractivity contribution is 5.85. The maximum absolute atomic E-state index is 5.67. The molecule has 0 aliphatic heterocycles. The van der Waals surface area contributed by atoms with E-state index in [1.165, 1.54) is 7.11 Å². The molecule has 1 aromatic rings. The van der Waals surface area contributed by atoms with Crippen LogP contribution in [-0.4, -0.2) is 20.1 Å². The van der Waals surface area contributed by atoms with Gasteiger partial charge in [0.25, 0.3) is 0 Å². The van der Waals surface area contributed by atoms with E-state index in [0.29, 0.717) is 5.84 Å². The number of nitrogens with two attached hydrogens (primary N) is 1. The van der Waals surface area contributed by atoms with E-state index in [2.05, 4.69) is 9.99 Å². The number of ether oxygens (including phenoxy) is 1. The fourth-order valence-electron chi connectivity index (χ4n) is 1.21. The number of nitrogens with zero attached hydrogens (tertiary/aromatic N) is 1. The molecule has 1 atom stereocenters. The van der Waals surface area contributed by atoms with Crippen LogP contribution in [0.15, 0.2) is 35.5 Å². The van der Waals surface area contributed by atoms with Gasteiger partial charge in [-0.1, -0.05) is 35.5 Å². The zero-order chi connectivity index (χ0) is 10.4. The lowest BCUT2D eigenvalue weighted by molar-refractivity contribution is 0.146. The molecule has 0 fully saturated rings. The number of benzene rings is 1. The van der Waals surface area contributed by atoms with Crippen molar-refractivity contribution in [1.82, 2.24) is 0 Å². The predicted octanol–water partition coefficient (Wildman–Crippen LogP) is 1.29. The average molecular weight is 194 g/mol. The lowest BCUT2D eigenvalue weighted by Gasteiger charge is -2.13. The minimum Gasteiger partial charge on any atom is -0.398 e. The van der Waals surface area contributed by atoms with Crippen molar-refractivity contribution < 1.29 is 9.57 Å². The molecule has 0 aliphatic rings. The molecule has 0 bridgehead atoms. The Morgan fingerprint density at radius 2 is 1.93 bits per heavy atom. The second-order valence-corrected chi connectivity index (χ2v) is 2.73. The summed E-state index contributed by atoms with van der Waals surface area (Å²) in [6.07, 6.45) is -0.351. The molecule has 0 saturated heterocycles. The van der Waals surface area contributed by atoms with Crippen LogP contribution in [0.4, 0.5) is 0 Å². The van der Waals surface area contributed by atoms with Crippen LogP contribution in [0, 0.1) is 0 Å². The van der Waals surface area contributed by atoms with Gasteiger partial charge in [-0.2, -0.15) is 0 Å². The Morgan fingerprint density at radius 1 is 1.29 bits per heavy atom. The van der Waals surface area contributed by atoms with E-state index in [1.54, 1.807) is 7.11 Å². The van der Waals surface area contributed by atoms with Crippen LogP contribution in [0.1, 0.15) is 11.7 Å². The van der Waals surface area contributed by atoms with Crippen molar-refractivity contribution in [2.24, 2.45) is 10.9 Å². The lowest BCUT2D eigenvalue weighted by Crippen LogP contribution is -2.23. The van der Waals surface area contributed by atoms with E-state index in [0.717, 1.165) is 5.56 Å². The SMILES string of the molecule is CO/N=C(\N)C(OC)c1ccccc1. The van der Waals surface area contributed by atoms with Crippen LogP contribution >= 0.6 is 0 Å². The van der Waals surface area contributed by atoms with Crippen LogP contribution < -0.4 is 5.73 Å². The Labute approximate surface area is 83.3 Å². The summed E-state index contributed by atoms with van der Waals surface area (Å²) < 4.78 is 5.21. The molecule has 2 N–H and O–H groups in total. The first-order valence-electron chi connectivity index (χ1n) is 4.24. The molecule has 1 unspecified atom stereocenters. The second-order valence-electron chi connectivity index (χ2n) is 2.73. The topological polar surface area (TPSA) is 56.8 Å². The van der Waals surface area contributed by atoms with Gasteiger partial charge in [-0.15, -0.1) is 0 Å². The molecule has 14 heavy (non-hydrogen) atoms. The van der Waals surface area contributed by atoms with E-state index in [4.69, 9.17) is 10.5 Å². The van der Waals surface area contributed by atoms with Crippen molar-refractivity contribution in [3.05, 3.63) is 35.9 Å². The number of hydrogen-bond donors (Lipinski definition) is 1. The van der Waals surface area contributed by atoms with Crippen LogP contribution in [-0.2, 0) is 9.57 Å². The number of methoxy groups -OCH3 is 1. The van der Waals surface area contributed by atoms with Crippen molar-refractivity contribution in [2.45, 2.75) is 6.10 Å². The minimum atomic E-state index is -0.351. The van der Waals surface area contributed by atoms with Gasteiger partial charge < -0.3 is 15.3 Å². The monoisotopic (exact) mass is 194 g/mol. The first kappa shape index (κ1) is 10.5. The summed E-state index contributed by atoms with van der Waals surface area (Å²) in [7, 11) is 3.03. The second kappa shape index (κ2) is 5.24. The van der Waals surface area contributed by atoms with Gasteiger partial charge in [0.15, 0.2) is 5.84 Å². The highest BCUT2D eigenvalue weighted by Gasteiger charge is 2.14. The van der Waals surface area contributed by atoms with Gasteiger partial charge in [0.2, 0.25) is 0 Å². The Morgan fingerprint density at radius 3 is 2.43 bits per heavy atom. The molecule has 0 aliphatic carbocycles. The summed E-state index contributed by atoms with van der Waals surface area (Å²) in [6.45, 7) is 0. The minimum absolute atomic E-state index is 0.307. The van der Waals surface area contributed by atoms with E-state index in [1.807, 2.05) is 30.3 Å². The third kappa shape index (κ3) is 2.47. The van der Waals surface area contributed by atoms with Gasteiger partial charge in [-0.3, -0.25) is 0 Å². The Hall–Kier alpha value is -1.55. The normalized spacial score (nSPS) is 13.7. The summed E-state index contributed by atoms with van der Waals surface area (Å²) in [5.74, 6) is 0.307. The third-order valence-electron chi connectivity index (χ3n) is 1.80. The van der Waals surface area contributed by atoms with Crippen molar-refractivity contribution in [1.29, 1.82) is 0 Å². The molecular weight excluding hydrogens is 180 g/mol. The van der Waals surface area contributed by atoms with Gasteiger partial charge >= 0.3 is 0 Å². The molecule has 0 aromatic heterocycles. The summed E-state index contributed by atoms with van der Waals surface area (Å²) in [5, 5.41) is 3.64. The smallest absolute Gasteiger partial charge is 0.173 e. The van der Waals surface area contributed by atoms with Crippen LogP contribution in [0.3, 0.4) is 0 Å². The standard InChI is InChI=1S/C10H14N2O2/c1-13-9(10(11)12-14-2)8-6-4-3-5-7-8/h3-7,9H,1-2H3,(H2,11,12). The van der Waals surface area contributed by atoms with E-state index >= 15 is 0 Å². The van der Waals surface area contributed by atoms with Gasteiger partial charge in [-0.05, 0) is 5.56 Å². The zero-order valence-electron chi connectivity index (χ0n) is 8.31. The maximum atomic E-state index is 5.67. The molecular formula is C10H14N2O2. The number of hydrogen-bond acceptors (Lipinski definition) is 3. The van der Waals surface area contributed by atoms with Crippen LogP contribution in [0.2, 0.25) is 0 Å². The zero-order valence-corrected chi connectivity index (χ0v) is 8.31. The van der Waals surface area contributed by atoms with Gasteiger partial charge in [0.05, 0.1) is 0 Å². The largest absolute Gasteiger partial charge is 0.398 e. The predicted molar refractivity (Wildman–Crippen MR) is 54.8 cm³/mol. The Kier molecular flexibility index (Phi) is 3.94. The van der Waals surface area contributed by atoms with Crippen molar-refractivity contribution in [3.63, 3.8) is 0 Å². The van der Waals surface area contributed by atoms with Crippen molar-refractivity contribution in [2.75, 3.05) is 14.2 Å². The Bertz CT molecular complexity index is 298. The quantitative estimate of drug-likeness (QED) is 0.446. The summed E-state index contributed by atoms with van der Waals surface area (Å²) in [6, 6.07) is 9.61. The van der Waals surface area contributed by atoms with Gasteiger partial charge in [0.1, 0.15) is 13.2 Å². The van der Waals surface area contributed by atoms with E-state index in [9.17, 15) is 0 Å². The first-order valence-corrected chi connectivity index (χ1v) is 4.24. The fraction of sp³-hybridized carbons (Fsp3) is 0.300. The molecule has 0 saturated carbocycles. The highest BCUT2D eigenvalue weighted by atomic mass is 16.6. The third-order valence-corrected chi connectivity index (χ3v) is 1.80. The molecule has 4 nitrogen and oxygen atoms in total. The van der Waals surface area contributed by atoms with Crippen molar-refractivity contribution in [3.8, 4) is 0 Å². The van der Waals surface area contributed by atoms with E-state index < -0.39 is 0 Å². The van der Waals surface area contributed by atoms with E-state index in [-0.39, 0.29) is 6.10 Å². The molecule has 0 spiro atoms. The van der Waals surface area contributed by atoms with Gasteiger partial charge in [0, 0.05) is 7.11 Å². The van der Waals surface area contributed by atoms with Crippen molar-refractivity contribution >= 4 is 5.84 Å². The molecule has 1 aromatic carbocycles. The number of rotatable bonds is 4. The summed E-state index contributed by atoms with van der Waals surface area (Å²) >= 11 is 0. The molecule has 0 heterocycles. The maximum Gasteiger partial charge on any atom is 0.173 e. The lowest BCUT2D eigenvalue weighted by atomic mass is 10.1. The molecule has 0 radical (unpaired) electrons. The molecule has 76 valence electrons. The molecule has 0 amide bonds. The fourth-order valence-corrected chi connectivity index (χ4v) is 1.21. The summed E-state index contributed by atoms with van der Waals surface area (Å²) in [5.41, 5.74) is 6.62. The number of amidine groups is 1. The first-order chi connectivity index (χ1) is 6.79. The molecule has 1 rings (SSSR count). The van der Waals surface area contributed by atoms with Gasteiger partial charge in [-0.25, -0.2) is 0 Å². The molecule has 4 heteroatoms. The Balaban J connectivity index is 2.88. The highest BCUT2D eigenvalue weighted by Crippen LogP contribution is 2.15. The van der Waals surface area contributed by atoms with Crippen LogP contribution in [0.25, 0.3) is 0 Å². The number of oxime groups is 1. The summed E-state index contributed by atoms with van der Waals surface area (Å²) in [4.78, 5) is 4.59. The average Bonchev–Trinajstić information content (AvgIpc) is 2.21.